The molecule has 6 nitrogen and oxygen atoms in total. The highest BCUT2D eigenvalue weighted by Crippen LogP contribution is 2.38. The quantitative estimate of drug-likeness (QED) is 0.115. The van der Waals surface area contributed by atoms with Gasteiger partial charge in [-0.2, -0.15) is 0 Å². The molecular formula is C34H41ClO6Si. The number of halogens is 1. The molecule has 4 rings (SSSR count). The molecule has 0 aliphatic carbocycles. The average Bonchev–Trinajstić information content (AvgIpc) is 2.98. The highest BCUT2D eigenvalue weighted by atomic mass is 35.5. The lowest BCUT2D eigenvalue weighted by Crippen LogP contribution is -2.68. The van der Waals surface area contributed by atoms with Crippen LogP contribution in [0.5, 0.6) is 0 Å². The average molecular weight is 609 g/mol. The van der Waals surface area contributed by atoms with Gasteiger partial charge >= 0.3 is 5.97 Å². The Hall–Kier alpha value is -2.78. The minimum Gasteiger partial charge on any atom is -0.456 e. The first-order chi connectivity index (χ1) is 20.2. The topological polar surface area (TPSA) is 63.2 Å². The lowest BCUT2D eigenvalue weighted by atomic mass is 9.99. The van der Waals surface area contributed by atoms with Crippen LogP contribution in [0.3, 0.4) is 0 Å². The smallest absolute Gasteiger partial charge is 0.303 e. The molecule has 1 aliphatic heterocycles. The molecule has 1 fully saturated rings. The van der Waals surface area contributed by atoms with E-state index in [0.29, 0.717) is 6.61 Å². The van der Waals surface area contributed by atoms with E-state index >= 15 is 0 Å². The van der Waals surface area contributed by atoms with E-state index in [-0.39, 0.29) is 18.3 Å². The minimum atomic E-state index is -2.88. The number of hydrogen-bond donors (Lipinski definition) is 0. The van der Waals surface area contributed by atoms with Crippen molar-refractivity contribution in [1.29, 1.82) is 0 Å². The molecular weight excluding hydrogens is 568 g/mol. The summed E-state index contributed by atoms with van der Waals surface area (Å²) in [5, 5.41) is 2.08. The minimum absolute atomic E-state index is 0.191. The van der Waals surface area contributed by atoms with Crippen LogP contribution in [0.2, 0.25) is 5.04 Å². The first-order valence-electron chi connectivity index (χ1n) is 14.3. The number of alkyl halides is 1. The number of carbonyl (C=O) groups excluding carboxylic acids is 1. The van der Waals surface area contributed by atoms with E-state index < -0.39 is 44.3 Å². The zero-order valence-corrected chi connectivity index (χ0v) is 26.5. The Labute approximate surface area is 255 Å². The molecule has 42 heavy (non-hydrogen) atoms. The summed E-state index contributed by atoms with van der Waals surface area (Å²) in [5.41, 5.74) is 0.0247. The van der Waals surface area contributed by atoms with Gasteiger partial charge in [0.15, 0.2) is 11.7 Å². The molecule has 0 aromatic heterocycles. The maximum absolute atomic E-state index is 12.1. The van der Waals surface area contributed by atoms with Crippen LogP contribution >= 0.6 is 11.6 Å². The first-order valence-corrected chi connectivity index (χ1v) is 16.6. The molecule has 1 saturated heterocycles. The Bertz CT molecular complexity index is 1230. The fraction of sp³-hybridized carbons (Fsp3) is 0.382. The van der Waals surface area contributed by atoms with E-state index in [1.807, 2.05) is 42.5 Å². The van der Waals surface area contributed by atoms with Crippen molar-refractivity contribution in [2.75, 3.05) is 13.2 Å². The lowest BCUT2D eigenvalue weighted by molar-refractivity contribution is -0.242. The Morgan fingerprint density at radius 1 is 0.881 bits per heavy atom. The SMILES string of the molecule is C=CCO[C@H]1[C@H](OCc2ccccc2)[C@@H](CO[Si](c2ccccc2)(c2ccccc2)C(C)(C)C)OC(Cl)[C@@H]1OC(C)=O. The predicted molar refractivity (Wildman–Crippen MR) is 169 cm³/mol. The maximum Gasteiger partial charge on any atom is 0.303 e. The normalized spacial score (nSPS) is 22.8. The molecule has 8 heteroatoms. The molecule has 0 saturated carbocycles. The van der Waals surface area contributed by atoms with Crippen LogP contribution in [-0.2, 0) is 34.8 Å². The Morgan fingerprint density at radius 2 is 1.43 bits per heavy atom. The van der Waals surface area contributed by atoms with Crippen molar-refractivity contribution >= 4 is 36.3 Å². The predicted octanol–water partition coefficient (Wildman–Crippen LogP) is 5.62. The second-order valence-corrected chi connectivity index (χ2v) is 16.2. The molecule has 0 radical (unpaired) electrons. The third kappa shape index (κ3) is 7.40. The molecule has 0 N–H and O–H groups in total. The Morgan fingerprint density at radius 3 is 1.93 bits per heavy atom. The number of benzene rings is 3. The van der Waals surface area contributed by atoms with E-state index in [0.717, 1.165) is 15.9 Å². The fourth-order valence-electron chi connectivity index (χ4n) is 5.62. The zero-order chi connectivity index (χ0) is 30.2. The molecule has 1 heterocycles. The van der Waals surface area contributed by atoms with Gasteiger partial charge in [0.05, 0.1) is 19.8 Å². The molecule has 0 spiro atoms. The number of ether oxygens (including phenoxy) is 4. The summed E-state index contributed by atoms with van der Waals surface area (Å²) in [5.74, 6) is -0.481. The second-order valence-electron chi connectivity index (χ2n) is 11.4. The van der Waals surface area contributed by atoms with Gasteiger partial charge in [0.25, 0.3) is 8.32 Å². The van der Waals surface area contributed by atoms with Crippen LogP contribution in [0, 0.1) is 0 Å². The standard InChI is InChI=1S/C34H41ClO6Si/c1-6-22-37-31-30(38-23-26-16-10-7-11-17-26)29(41-33(35)32(31)40-25(2)36)24-39-42(34(3,4)5,27-18-12-8-13-19-27)28-20-14-9-15-21-28/h6-21,29-33H,1,22-24H2,2-5H3/t29-,30-,31+,32-,33?/m1/s1. The van der Waals surface area contributed by atoms with Crippen molar-refractivity contribution in [1.82, 2.24) is 0 Å². The van der Waals surface area contributed by atoms with Crippen LogP contribution in [0.25, 0.3) is 0 Å². The summed E-state index contributed by atoms with van der Waals surface area (Å²) < 4.78 is 31.9. The highest BCUT2D eigenvalue weighted by Gasteiger charge is 2.53. The van der Waals surface area contributed by atoms with Crippen molar-refractivity contribution in [3.8, 4) is 0 Å². The Kier molecular flexibility index (Phi) is 11.2. The summed E-state index contributed by atoms with van der Waals surface area (Å²) >= 11 is 6.75. The van der Waals surface area contributed by atoms with Crippen molar-refractivity contribution < 1.29 is 28.2 Å². The van der Waals surface area contributed by atoms with Crippen molar-refractivity contribution in [2.24, 2.45) is 0 Å². The molecule has 224 valence electrons. The maximum atomic E-state index is 12.1. The van der Waals surface area contributed by atoms with E-state index in [9.17, 15) is 4.79 Å². The van der Waals surface area contributed by atoms with Crippen LogP contribution in [0.1, 0.15) is 33.3 Å². The molecule has 5 atom stereocenters. The highest BCUT2D eigenvalue weighted by molar-refractivity contribution is 6.99. The number of carbonyl (C=O) groups is 1. The monoisotopic (exact) mass is 608 g/mol. The van der Waals surface area contributed by atoms with Crippen molar-refractivity contribution in [3.05, 3.63) is 109 Å². The van der Waals surface area contributed by atoms with Crippen LogP contribution in [-0.4, -0.2) is 57.5 Å². The molecule has 1 unspecified atom stereocenters. The van der Waals surface area contributed by atoms with Gasteiger partial charge in [0, 0.05) is 6.92 Å². The van der Waals surface area contributed by atoms with Gasteiger partial charge in [-0.1, -0.05) is 129 Å². The van der Waals surface area contributed by atoms with E-state index in [2.05, 4.69) is 75.9 Å². The van der Waals surface area contributed by atoms with Gasteiger partial charge in [-0.25, -0.2) is 0 Å². The molecule has 0 amide bonds. The number of hydrogen-bond acceptors (Lipinski definition) is 6. The van der Waals surface area contributed by atoms with E-state index in [1.54, 1.807) is 6.08 Å². The van der Waals surface area contributed by atoms with Crippen molar-refractivity contribution in [3.63, 3.8) is 0 Å². The molecule has 0 bridgehead atoms. The second kappa shape index (κ2) is 14.6. The van der Waals surface area contributed by atoms with Gasteiger partial charge in [0.2, 0.25) is 0 Å². The summed E-state index contributed by atoms with van der Waals surface area (Å²) in [7, 11) is -2.88. The van der Waals surface area contributed by atoms with E-state index in [4.69, 9.17) is 35.0 Å². The molecule has 3 aromatic rings. The summed E-state index contributed by atoms with van der Waals surface area (Å²) in [6.45, 7) is 12.5. The van der Waals surface area contributed by atoms with Gasteiger partial charge in [-0.15, -0.1) is 6.58 Å². The first kappa shape index (κ1) is 32.1. The molecule has 1 aliphatic rings. The van der Waals surface area contributed by atoms with Gasteiger partial charge < -0.3 is 23.4 Å². The zero-order valence-electron chi connectivity index (χ0n) is 24.8. The number of rotatable bonds is 12. The van der Waals surface area contributed by atoms with Gasteiger partial charge in [-0.3, -0.25) is 4.79 Å². The summed E-state index contributed by atoms with van der Waals surface area (Å²) in [4.78, 5) is 12.1. The van der Waals surface area contributed by atoms with Gasteiger partial charge in [-0.05, 0) is 21.0 Å². The number of esters is 1. The van der Waals surface area contributed by atoms with Crippen molar-refractivity contribution in [2.45, 2.75) is 69.3 Å². The third-order valence-electron chi connectivity index (χ3n) is 7.45. The molecule has 3 aromatic carbocycles. The summed E-state index contributed by atoms with van der Waals surface area (Å²) in [6.07, 6.45) is -1.21. The largest absolute Gasteiger partial charge is 0.456 e. The lowest BCUT2D eigenvalue weighted by Gasteiger charge is -2.47. The summed E-state index contributed by atoms with van der Waals surface area (Å²) in [6, 6.07) is 30.7. The van der Waals surface area contributed by atoms with Gasteiger partial charge in [0.1, 0.15) is 18.3 Å². The fourth-order valence-corrected chi connectivity index (χ4v) is 10.5. The van der Waals surface area contributed by atoms with Crippen LogP contribution < -0.4 is 10.4 Å². The van der Waals surface area contributed by atoms with Crippen LogP contribution in [0.4, 0.5) is 0 Å². The third-order valence-corrected chi connectivity index (χ3v) is 12.8. The Balaban J connectivity index is 1.73. The van der Waals surface area contributed by atoms with E-state index in [1.165, 1.54) is 6.92 Å². The van der Waals surface area contributed by atoms with Crippen LogP contribution in [0.15, 0.2) is 104 Å².